The van der Waals surface area contributed by atoms with Gasteiger partial charge in [-0.25, -0.2) is 9.18 Å². The van der Waals surface area contributed by atoms with Crippen molar-refractivity contribution in [3.63, 3.8) is 0 Å². The van der Waals surface area contributed by atoms with Crippen molar-refractivity contribution in [3.8, 4) is 5.69 Å². The molecule has 188 valence electrons. The molecule has 1 N–H and O–H groups in total. The number of aryl methyl sites for hydroxylation is 2. The number of hydrogen-bond acceptors (Lipinski definition) is 4. The molecule has 1 aliphatic rings. The molecule has 6 nitrogen and oxygen atoms in total. The van der Waals surface area contributed by atoms with Gasteiger partial charge in [0.1, 0.15) is 5.82 Å². The van der Waals surface area contributed by atoms with Gasteiger partial charge in [0.05, 0.1) is 36.1 Å². The molecule has 8 heteroatoms. The largest absolute Gasteiger partial charge is 0.465 e. The zero-order chi connectivity index (χ0) is 26.3. The van der Waals surface area contributed by atoms with Crippen molar-refractivity contribution in [1.82, 2.24) is 14.9 Å². The molecule has 2 atom stereocenters. The quantitative estimate of drug-likeness (QED) is 0.264. The van der Waals surface area contributed by atoms with Crippen LogP contribution in [0.5, 0.6) is 0 Å². The minimum atomic E-state index is -0.400. The number of hydrogen-bond donors (Lipinski definition) is 1. The first-order valence-corrected chi connectivity index (χ1v) is 12.4. The number of carbonyl (C=O) groups is 1. The molecular weight excluding hydrogens is 487 g/mol. The molecule has 1 aliphatic heterocycles. The van der Waals surface area contributed by atoms with Crippen LogP contribution in [0, 0.1) is 26.6 Å². The molecule has 5 rings (SSSR count). The van der Waals surface area contributed by atoms with Gasteiger partial charge in [0.2, 0.25) is 0 Å². The van der Waals surface area contributed by atoms with E-state index in [0.717, 1.165) is 34.0 Å². The predicted molar refractivity (Wildman–Crippen MR) is 146 cm³/mol. The molecular formula is C29H27FN4O2S. The minimum Gasteiger partial charge on any atom is -0.465 e. The van der Waals surface area contributed by atoms with Crippen LogP contribution >= 0.6 is 12.2 Å². The Kier molecular flexibility index (Phi) is 6.52. The van der Waals surface area contributed by atoms with Crippen LogP contribution in [0.2, 0.25) is 0 Å². The van der Waals surface area contributed by atoms with Crippen LogP contribution in [0.3, 0.4) is 0 Å². The summed E-state index contributed by atoms with van der Waals surface area (Å²) in [7, 11) is 1.38. The first-order valence-electron chi connectivity index (χ1n) is 11.9. The van der Waals surface area contributed by atoms with Crippen LogP contribution in [0.1, 0.15) is 50.7 Å². The van der Waals surface area contributed by atoms with E-state index < -0.39 is 5.97 Å². The van der Waals surface area contributed by atoms with E-state index in [1.165, 1.54) is 13.2 Å². The molecule has 0 saturated carbocycles. The second-order valence-corrected chi connectivity index (χ2v) is 9.49. The highest BCUT2D eigenvalue weighted by Gasteiger charge is 2.42. The third kappa shape index (κ3) is 4.27. The molecule has 0 spiro atoms. The number of aromatic nitrogens is 2. The lowest BCUT2D eigenvalue weighted by molar-refractivity contribution is 0.0600. The number of benzene rings is 2. The summed E-state index contributed by atoms with van der Waals surface area (Å²) in [4.78, 5) is 19.2. The Morgan fingerprint density at radius 3 is 2.51 bits per heavy atom. The van der Waals surface area contributed by atoms with E-state index in [2.05, 4.69) is 20.9 Å². The Morgan fingerprint density at radius 1 is 1.05 bits per heavy atom. The molecule has 2 aromatic heterocycles. The first-order chi connectivity index (χ1) is 17.8. The molecule has 0 bridgehead atoms. The number of nitrogens with one attached hydrogen (secondary N) is 1. The number of para-hydroxylation sites is 1. The molecule has 4 aromatic rings. The third-order valence-electron chi connectivity index (χ3n) is 6.86. The number of methoxy groups -OCH3 is 1. The molecule has 2 aromatic carbocycles. The van der Waals surface area contributed by atoms with Crippen LogP contribution < -0.4 is 10.2 Å². The van der Waals surface area contributed by atoms with E-state index in [1.54, 1.807) is 25.3 Å². The lowest BCUT2D eigenvalue weighted by atomic mass is 9.96. The Labute approximate surface area is 220 Å². The number of esters is 1. The van der Waals surface area contributed by atoms with Crippen molar-refractivity contribution in [1.29, 1.82) is 0 Å². The van der Waals surface area contributed by atoms with Gasteiger partial charge in [0.15, 0.2) is 5.11 Å². The second kappa shape index (κ2) is 9.78. The van der Waals surface area contributed by atoms with E-state index in [-0.39, 0.29) is 17.9 Å². The highest BCUT2D eigenvalue weighted by atomic mass is 32.1. The number of thiocarbonyl (C=S) groups is 1. The molecule has 3 heterocycles. The average Bonchev–Trinajstić information content (AvgIpc) is 3.40. The van der Waals surface area contributed by atoms with Gasteiger partial charge in [-0.05, 0) is 92.6 Å². The van der Waals surface area contributed by atoms with Gasteiger partial charge in [-0.1, -0.05) is 18.2 Å². The van der Waals surface area contributed by atoms with Crippen LogP contribution in [0.15, 0.2) is 72.9 Å². The fourth-order valence-electron chi connectivity index (χ4n) is 5.14. The molecule has 0 aliphatic carbocycles. The van der Waals surface area contributed by atoms with E-state index in [0.29, 0.717) is 16.2 Å². The maximum atomic E-state index is 14.2. The van der Waals surface area contributed by atoms with Gasteiger partial charge in [-0.15, -0.1) is 0 Å². The number of pyridine rings is 1. The van der Waals surface area contributed by atoms with Crippen molar-refractivity contribution < 1.29 is 13.9 Å². The van der Waals surface area contributed by atoms with Gasteiger partial charge < -0.3 is 19.5 Å². The first kappa shape index (κ1) is 24.6. The lowest BCUT2D eigenvalue weighted by Gasteiger charge is -2.28. The summed E-state index contributed by atoms with van der Waals surface area (Å²) in [6.07, 6.45) is 1.76. The summed E-state index contributed by atoms with van der Waals surface area (Å²) in [5.74, 6) is -0.666. The fraction of sp³-hybridized carbons (Fsp3) is 0.207. The van der Waals surface area contributed by atoms with E-state index in [4.69, 9.17) is 17.0 Å². The smallest absolute Gasteiger partial charge is 0.339 e. The third-order valence-corrected chi connectivity index (χ3v) is 7.17. The SMILES string of the molecule is COC(=O)c1ccccc1-n1c(C)cc([C@@H]2[C@H](c3ccccn3)NC(=S)N2c2ccc(F)c(C)c2)c1C. The van der Waals surface area contributed by atoms with Crippen LogP contribution in [-0.4, -0.2) is 27.7 Å². The number of ether oxygens (including phenoxy) is 1. The zero-order valence-electron chi connectivity index (χ0n) is 21.0. The normalized spacial score (nSPS) is 17.1. The summed E-state index contributed by atoms with van der Waals surface area (Å²) in [5.41, 5.74) is 6.32. The van der Waals surface area contributed by atoms with Gasteiger partial charge in [-0.2, -0.15) is 0 Å². The molecule has 0 amide bonds. The van der Waals surface area contributed by atoms with E-state index in [9.17, 15) is 9.18 Å². The van der Waals surface area contributed by atoms with Gasteiger partial charge >= 0.3 is 5.97 Å². The Hall–Kier alpha value is -4.04. The summed E-state index contributed by atoms with van der Waals surface area (Å²) < 4.78 is 21.3. The zero-order valence-corrected chi connectivity index (χ0v) is 21.8. The summed E-state index contributed by atoms with van der Waals surface area (Å²) in [6.45, 7) is 5.78. The molecule has 0 radical (unpaired) electrons. The lowest BCUT2D eigenvalue weighted by Crippen LogP contribution is -2.29. The van der Waals surface area contributed by atoms with Crippen molar-refractivity contribution in [3.05, 3.63) is 113 Å². The van der Waals surface area contributed by atoms with Crippen LogP contribution in [0.4, 0.5) is 10.1 Å². The minimum absolute atomic E-state index is 0.246. The van der Waals surface area contributed by atoms with Crippen LogP contribution in [0.25, 0.3) is 5.69 Å². The fourth-order valence-corrected chi connectivity index (χ4v) is 5.48. The number of carbonyl (C=O) groups excluding carboxylic acids is 1. The van der Waals surface area contributed by atoms with Crippen molar-refractivity contribution in [2.75, 3.05) is 12.0 Å². The molecule has 0 unspecified atom stereocenters. The number of halogens is 1. The highest BCUT2D eigenvalue weighted by Crippen LogP contribution is 2.44. The van der Waals surface area contributed by atoms with E-state index >= 15 is 0 Å². The number of rotatable bonds is 5. The maximum absolute atomic E-state index is 14.2. The van der Waals surface area contributed by atoms with Crippen molar-refractivity contribution in [2.45, 2.75) is 32.9 Å². The summed E-state index contributed by atoms with van der Waals surface area (Å²) in [5, 5.41) is 3.99. The topological polar surface area (TPSA) is 59.4 Å². The van der Waals surface area contributed by atoms with Gasteiger partial charge in [0, 0.05) is 23.3 Å². The molecule has 1 saturated heterocycles. The number of anilines is 1. The van der Waals surface area contributed by atoms with Gasteiger partial charge in [-0.3, -0.25) is 4.98 Å². The summed E-state index contributed by atoms with van der Waals surface area (Å²) >= 11 is 5.83. The maximum Gasteiger partial charge on any atom is 0.339 e. The van der Waals surface area contributed by atoms with Crippen molar-refractivity contribution in [2.24, 2.45) is 0 Å². The second-order valence-electron chi connectivity index (χ2n) is 9.10. The highest BCUT2D eigenvalue weighted by molar-refractivity contribution is 7.80. The van der Waals surface area contributed by atoms with Crippen molar-refractivity contribution >= 4 is 29.0 Å². The Balaban J connectivity index is 1.70. The Morgan fingerprint density at radius 2 is 1.81 bits per heavy atom. The summed E-state index contributed by atoms with van der Waals surface area (Å²) in [6, 6.07) is 19.8. The Bertz CT molecular complexity index is 1500. The van der Waals surface area contributed by atoms with E-state index in [1.807, 2.05) is 61.2 Å². The standard InChI is InChI=1S/C29H27FN4O2S/c1-17-15-20(12-13-23(17)30)34-27(26(32-29(34)37)24-10-7-8-14-31-24)22-16-18(2)33(19(22)3)25-11-6-5-9-21(25)28(35)36-4/h5-16,26-27H,1-4H3,(H,32,37)/t26-,27+/m0/s1. The van der Waals surface area contributed by atoms with Crippen LogP contribution in [-0.2, 0) is 4.74 Å². The average molecular weight is 515 g/mol. The monoisotopic (exact) mass is 514 g/mol. The van der Waals surface area contributed by atoms with Gasteiger partial charge in [0.25, 0.3) is 0 Å². The molecule has 1 fully saturated rings. The molecule has 37 heavy (non-hydrogen) atoms. The predicted octanol–water partition coefficient (Wildman–Crippen LogP) is 5.90. The number of nitrogens with zero attached hydrogens (tertiary/aromatic N) is 3.